The molecule has 0 saturated heterocycles. The third-order valence-electron chi connectivity index (χ3n) is 9.51. The highest BCUT2D eigenvalue weighted by atomic mass is 32.2. The molecule has 7 aromatic carbocycles. The Morgan fingerprint density at radius 3 is 1.06 bits per heavy atom. The van der Waals surface area contributed by atoms with Crippen LogP contribution in [-0.2, 0) is 0 Å². The van der Waals surface area contributed by atoms with Crippen molar-refractivity contribution in [3.05, 3.63) is 158 Å². The number of anilines is 6. The Balaban J connectivity index is 0.885. The maximum Gasteiger partial charge on any atom is 0.227 e. The molecule has 2 aliphatic heterocycles. The van der Waals surface area contributed by atoms with Gasteiger partial charge in [0.05, 0.1) is 22.7 Å². The van der Waals surface area contributed by atoms with E-state index >= 15 is 0 Å². The second-order valence-electron chi connectivity index (χ2n) is 12.7. The Hall–Kier alpha value is -6.22. The summed E-state index contributed by atoms with van der Waals surface area (Å²) in [4.78, 5) is 19.3. The van der Waals surface area contributed by atoms with Crippen LogP contribution in [0.15, 0.2) is 186 Å². The van der Waals surface area contributed by atoms with Crippen molar-refractivity contribution in [2.24, 2.45) is 0 Å². The lowest BCUT2D eigenvalue weighted by Crippen LogP contribution is -2.14. The topological polar surface area (TPSA) is 58.5 Å². The van der Waals surface area contributed by atoms with Crippen LogP contribution in [-0.4, -0.2) is 9.97 Å². The highest BCUT2D eigenvalue weighted by molar-refractivity contribution is 8.00. The van der Waals surface area contributed by atoms with Crippen molar-refractivity contribution in [3.63, 3.8) is 0 Å². The van der Waals surface area contributed by atoms with Crippen molar-refractivity contribution in [1.29, 1.82) is 0 Å². The van der Waals surface area contributed by atoms with E-state index in [0.29, 0.717) is 22.9 Å². The van der Waals surface area contributed by atoms with E-state index in [2.05, 4.69) is 155 Å². The number of para-hydroxylation sites is 4. The van der Waals surface area contributed by atoms with Gasteiger partial charge in [0.2, 0.25) is 11.8 Å². The smallest absolute Gasteiger partial charge is 0.227 e. The lowest BCUT2D eigenvalue weighted by Gasteiger charge is -2.32. The lowest BCUT2D eigenvalue weighted by molar-refractivity contribution is 0.618. The predicted octanol–water partition coefficient (Wildman–Crippen LogP) is 13.2. The number of oxazole rings is 2. The lowest BCUT2D eigenvalue weighted by atomic mass is 10.1. The van der Waals surface area contributed by atoms with E-state index in [9.17, 15) is 0 Å². The molecule has 52 heavy (non-hydrogen) atoms. The summed E-state index contributed by atoms with van der Waals surface area (Å²) < 4.78 is 12.6. The van der Waals surface area contributed by atoms with Gasteiger partial charge in [0.25, 0.3) is 0 Å². The predicted molar refractivity (Wildman–Crippen MR) is 210 cm³/mol. The molecule has 0 spiro atoms. The summed E-state index contributed by atoms with van der Waals surface area (Å²) in [7, 11) is 0. The first kappa shape index (κ1) is 29.5. The maximum absolute atomic E-state index is 6.30. The largest absolute Gasteiger partial charge is 0.436 e. The quantitative estimate of drug-likeness (QED) is 0.179. The zero-order valence-corrected chi connectivity index (χ0v) is 29.1. The molecule has 0 saturated carbocycles. The molecule has 0 atom stereocenters. The summed E-state index contributed by atoms with van der Waals surface area (Å²) in [6.07, 6.45) is 0. The van der Waals surface area contributed by atoms with Crippen LogP contribution in [0.1, 0.15) is 0 Å². The van der Waals surface area contributed by atoms with Gasteiger partial charge < -0.3 is 18.6 Å². The highest BCUT2D eigenvalue weighted by Gasteiger charge is 2.26. The first-order chi connectivity index (χ1) is 25.7. The van der Waals surface area contributed by atoms with Crippen LogP contribution in [0.25, 0.3) is 45.1 Å². The molecule has 0 fully saturated rings. The number of benzene rings is 7. The van der Waals surface area contributed by atoms with E-state index < -0.39 is 0 Å². The molecule has 0 amide bonds. The molecule has 2 aromatic heterocycles. The minimum atomic E-state index is 0.555. The average molecular weight is 707 g/mol. The fourth-order valence-electron chi connectivity index (χ4n) is 7.07. The number of hydrogen-bond donors (Lipinski definition) is 0. The van der Waals surface area contributed by atoms with Gasteiger partial charge >= 0.3 is 0 Å². The number of nitrogens with zero attached hydrogens (tertiary/aromatic N) is 4. The molecule has 11 rings (SSSR count). The maximum atomic E-state index is 6.30. The third kappa shape index (κ3) is 4.76. The summed E-state index contributed by atoms with van der Waals surface area (Å²) in [6.45, 7) is 0. The molecule has 246 valence electrons. The van der Waals surface area contributed by atoms with E-state index in [1.165, 1.54) is 42.3 Å². The van der Waals surface area contributed by atoms with Crippen LogP contribution in [0, 0.1) is 0 Å². The number of aromatic nitrogens is 2. The SMILES string of the molecule is c1ccc2c(c1)Sc1ccccc1N2c1ccc(-c2nc3cc4oc(-c5ccc(N6c7ccccc7Sc7ccccc76)cc5)nc4cc3o2)cc1. The summed E-state index contributed by atoms with van der Waals surface area (Å²) in [5.74, 6) is 1.11. The summed E-state index contributed by atoms with van der Waals surface area (Å²) in [5, 5.41) is 0. The molecule has 0 aliphatic carbocycles. The first-order valence-electron chi connectivity index (χ1n) is 17.0. The van der Waals surface area contributed by atoms with Crippen molar-refractivity contribution in [2.75, 3.05) is 9.80 Å². The standard InChI is InChI=1S/C44H26N4O2S2/c1-5-13-39-33(9-1)47(34-10-2-6-14-40(34)51-39)29-21-17-27(18-22-29)43-45-31-25-38-32(26-37(31)49-43)46-44(50-38)28-19-23-30(24-20-28)48-35-11-3-7-15-41(35)52-42-16-8-4-12-36(42)48/h1-26H. The van der Waals surface area contributed by atoms with Crippen molar-refractivity contribution in [1.82, 2.24) is 9.97 Å². The molecule has 0 unspecified atom stereocenters. The van der Waals surface area contributed by atoms with Crippen LogP contribution < -0.4 is 9.80 Å². The van der Waals surface area contributed by atoms with Crippen molar-refractivity contribution >= 4 is 79.8 Å². The fraction of sp³-hybridized carbons (Fsp3) is 0. The second kappa shape index (κ2) is 11.7. The summed E-state index contributed by atoms with van der Waals surface area (Å²) in [6, 6.07) is 54.7. The Labute approximate surface area is 307 Å². The van der Waals surface area contributed by atoms with Crippen molar-refractivity contribution < 1.29 is 8.83 Å². The van der Waals surface area contributed by atoms with Gasteiger partial charge in [-0.1, -0.05) is 72.1 Å². The molecule has 9 aromatic rings. The molecule has 2 aliphatic rings. The van der Waals surface area contributed by atoms with E-state index in [1.807, 2.05) is 12.1 Å². The molecule has 4 heterocycles. The van der Waals surface area contributed by atoms with Crippen LogP contribution in [0.3, 0.4) is 0 Å². The molecule has 0 bridgehead atoms. The monoisotopic (exact) mass is 706 g/mol. The van der Waals surface area contributed by atoms with Crippen molar-refractivity contribution in [3.8, 4) is 22.9 Å². The zero-order valence-electron chi connectivity index (χ0n) is 27.4. The van der Waals surface area contributed by atoms with Crippen LogP contribution >= 0.6 is 23.5 Å². The summed E-state index contributed by atoms with van der Waals surface area (Å²) >= 11 is 3.61. The van der Waals surface area contributed by atoms with Gasteiger partial charge in [-0.3, -0.25) is 0 Å². The Bertz CT molecular complexity index is 2490. The van der Waals surface area contributed by atoms with Crippen LogP contribution in [0.2, 0.25) is 0 Å². The van der Waals surface area contributed by atoms with E-state index in [4.69, 9.17) is 18.8 Å². The van der Waals surface area contributed by atoms with E-state index in [-0.39, 0.29) is 0 Å². The van der Waals surface area contributed by atoms with E-state index in [0.717, 1.165) is 33.5 Å². The van der Waals surface area contributed by atoms with Crippen LogP contribution in [0.4, 0.5) is 34.1 Å². The van der Waals surface area contributed by atoms with Gasteiger partial charge in [-0.05, 0) is 97.1 Å². The molecule has 6 nitrogen and oxygen atoms in total. The van der Waals surface area contributed by atoms with Crippen LogP contribution in [0.5, 0.6) is 0 Å². The molecule has 8 heteroatoms. The molecular formula is C44H26N4O2S2. The molecule has 0 N–H and O–H groups in total. The second-order valence-corrected chi connectivity index (χ2v) is 14.8. The third-order valence-corrected chi connectivity index (χ3v) is 11.8. The van der Waals surface area contributed by atoms with Gasteiger partial charge in [0.1, 0.15) is 11.0 Å². The number of rotatable bonds is 4. The van der Waals surface area contributed by atoms with Gasteiger partial charge in [0.15, 0.2) is 11.2 Å². The Morgan fingerprint density at radius 2 is 0.712 bits per heavy atom. The van der Waals surface area contributed by atoms with E-state index in [1.54, 1.807) is 23.5 Å². The minimum Gasteiger partial charge on any atom is -0.436 e. The van der Waals surface area contributed by atoms with Gasteiger partial charge in [-0.15, -0.1) is 0 Å². The normalized spacial score (nSPS) is 13.2. The fourth-order valence-corrected chi connectivity index (χ4v) is 9.18. The molecule has 0 radical (unpaired) electrons. The summed E-state index contributed by atoms with van der Waals surface area (Å²) in [5.41, 5.74) is 11.4. The van der Waals surface area contributed by atoms with Gasteiger partial charge in [-0.2, -0.15) is 0 Å². The van der Waals surface area contributed by atoms with Gasteiger partial charge in [-0.25, -0.2) is 9.97 Å². The average Bonchev–Trinajstić information content (AvgIpc) is 3.82. The Kier molecular flexibility index (Phi) is 6.62. The molecular weight excluding hydrogens is 681 g/mol. The minimum absolute atomic E-state index is 0.555. The number of fused-ring (bicyclic) bond motifs is 6. The number of hydrogen-bond acceptors (Lipinski definition) is 8. The first-order valence-corrected chi connectivity index (χ1v) is 18.6. The van der Waals surface area contributed by atoms with Gasteiger partial charge in [0, 0.05) is 54.2 Å². The highest BCUT2D eigenvalue weighted by Crippen LogP contribution is 2.52. The Morgan fingerprint density at radius 1 is 0.385 bits per heavy atom. The van der Waals surface area contributed by atoms with Crippen molar-refractivity contribution in [2.45, 2.75) is 19.6 Å². The zero-order chi connectivity index (χ0) is 34.2.